The van der Waals surface area contributed by atoms with Crippen molar-refractivity contribution in [1.29, 1.82) is 0 Å². The van der Waals surface area contributed by atoms with Gasteiger partial charge in [-0.2, -0.15) is 8.42 Å². The van der Waals surface area contributed by atoms with E-state index in [1.165, 1.54) is 0 Å². The maximum absolute atomic E-state index is 9.98. The van der Waals surface area contributed by atoms with Crippen LogP contribution in [0.3, 0.4) is 0 Å². The molecule has 1 atom stereocenters. The quantitative estimate of drug-likeness (QED) is 0.436. The molecule has 1 unspecified atom stereocenters. The van der Waals surface area contributed by atoms with Crippen molar-refractivity contribution < 1.29 is 13.0 Å². The number of hydrogen-bond acceptors (Lipinski definition) is 2. The van der Waals surface area contributed by atoms with Crippen LogP contribution in [0, 0.1) is 6.92 Å². The molecular formula is C4H7O3S. The van der Waals surface area contributed by atoms with Gasteiger partial charge >= 0.3 is 0 Å². The second-order valence-corrected chi connectivity index (χ2v) is 2.92. The van der Waals surface area contributed by atoms with E-state index in [0.29, 0.717) is 0 Å². The molecule has 8 heavy (non-hydrogen) atoms. The van der Waals surface area contributed by atoms with Crippen LogP contribution in [0.25, 0.3) is 0 Å². The van der Waals surface area contributed by atoms with Crippen LogP contribution in [0.5, 0.6) is 0 Å². The summed E-state index contributed by atoms with van der Waals surface area (Å²) in [6.45, 7) is 6.20. The van der Waals surface area contributed by atoms with E-state index in [1.807, 2.05) is 0 Å². The maximum atomic E-state index is 9.98. The lowest BCUT2D eigenvalue weighted by atomic mass is 10.5. The third kappa shape index (κ3) is 2.09. The first-order valence-electron chi connectivity index (χ1n) is 1.90. The second kappa shape index (κ2) is 2.28. The average molecular weight is 135 g/mol. The van der Waals surface area contributed by atoms with Crippen LogP contribution >= 0.6 is 0 Å². The molecule has 1 radical (unpaired) electrons. The van der Waals surface area contributed by atoms with Gasteiger partial charge in [-0.1, -0.05) is 6.08 Å². The standard InChI is InChI=1S/C4H7O3S/c1-3-4(2)8(5,6)7/h3-4H,1-2H2,(H,5,6,7). The Labute approximate surface area is 48.8 Å². The Morgan fingerprint density at radius 3 is 2.00 bits per heavy atom. The summed E-state index contributed by atoms with van der Waals surface area (Å²) in [5.74, 6) is 0. The molecule has 0 aliphatic heterocycles. The van der Waals surface area contributed by atoms with E-state index in [4.69, 9.17) is 4.55 Å². The molecule has 0 saturated carbocycles. The molecule has 0 heterocycles. The zero-order valence-corrected chi connectivity index (χ0v) is 5.06. The molecule has 0 rings (SSSR count). The van der Waals surface area contributed by atoms with Crippen LogP contribution in [0.4, 0.5) is 0 Å². The van der Waals surface area contributed by atoms with E-state index in [1.54, 1.807) is 0 Å². The van der Waals surface area contributed by atoms with Crippen LogP contribution in [-0.4, -0.2) is 18.2 Å². The molecule has 3 nitrogen and oxygen atoms in total. The lowest BCUT2D eigenvalue weighted by molar-refractivity contribution is 0.480. The van der Waals surface area contributed by atoms with Crippen molar-refractivity contribution in [2.75, 3.05) is 0 Å². The van der Waals surface area contributed by atoms with Gasteiger partial charge in [0, 0.05) is 0 Å². The zero-order chi connectivity index (χ0) is 6.78. The molecule has 4 heteroatoms. The summed E-state index contributed by atoms with van der Waals surface area (Å²) in [4.78, 5) is 0. The molecule has 1 N–H and O–H groups in total. The molecule has 0 aromatic rings. The second-order valence-electron chi connectivity index (χ2n) is 1.29. The molecule has 0 aliphatic carbocycles. The van der Waals surface area contributed by atoms with Crippen LogP contribution in [0.2, 0.25) is 0 Å². The Kier molecular flexibility index (Phi) is 2.18. The molecule has 0 amide bonds. The Morgan fingerprint density at radius 1 is 1.62 bits per heavy atom. The normalized spacial score (nSPS) is 15.2. The number of hydrogen-bond donors (Lipinski definition) is 1. The van der Waals surface area contributed by atoms with Gasteiger partial charge in [-0.3, -0.25) is 4.55 Å². The van der Waals surface area contributed by atoms with Crippen LogP contribution in [0.1, 0.15) is 0 Å². The van der Waals surface area contributed by atoms with Crippen molar-refractivity contribution in [3.8, 4) is 0 Å². The van der Waals surface area contributed by atoms with Crippen LogP contribution in [-0.2, 0) is 10.1 Å². The highest BCUT2D eigenvalue weighted by atomic mass is 32.2. The van der Waals surface area contributed by atoms with Gasteiger partial charge in [0.1, 0.15) is 5.25 Å². The average Bonchev–Trinajstić information content (AvgIpc) is 1.62. The fraction of sp³-hybridized carbons (Fsp3) is 0.250. The molecular weight excluding hydrogens is 128 g/mol. The van der Waals surface area contributed by atoms with Gasteiger partial charge in [0.05, 0.1) is 0 Å². The van der Waals surface area contributed by atoms with E-state index in [-0.39, 0.29) is 0 Å². The summed E-state index contributed by atoms with van der Waals surface area (Å²) in [5, 5.41) is -1.11. The molecule has 0 spiro atoms. The van der Waals surface area contributed by atoms with Crippen LogP contribution < -0.4 is 0 Å². The lowest BCUT2D eigenvalue weighted by Crippen LogP contribution is -2.12. The largest absolute Gasteiger partial charge is 0.285 e. The Bertz CT molecular complexity index is 168. The number of rotatable bonds is 2. The van der Waals surface area contributed by atoms with Gasteiger partial charge in [-0.05, 0) is 6.92 Å². The van der Waals surface area contributed by atoms with Crippen molar-refractivity contribution in [2.24, 2.45) is 0 Å². The molecule has 0 saturated heterocycles. The minimum Gasteiger partial charge on any atom is -0.285 e. The Hall–Kier alpha value is -0.350. The SMILES string of the molecule is [CH2]C(C=C)S(=O)(=O)O. The van der Waals surface area contributed by atoms with E-state index >= 15 is 0 Å². The van der Waals surface area contributed by atoms with Gasteiger partial charge in [0.25, 0.3) is 10.1 Å². The van der Waals surface area contributed by atoms with Crippen molar-refractivity contribution in [3.05, 3.63) is 19.6 Å². The molecule has 47 valence electrons. The fourth-order valence-electron chi connectivity index (χ4n) is 0.122. The topological polar surface area (TPSA) is 54.4 Å². The third-order valence-electron chi connectivity index (χ3n) is 0.645. The van der Waals surface area contributed by atoms with Crippen molar-refractivity contribution >= 4 is 10.1 Å². The predicted octanol–water partition coefficient (Wildman–Crippen LogP) is 0.263. The summed E-state index contributed by atoms with van der Waals surface area (Å²) in [6, 6.07) is 0. The summed E-state index contributed by atoms with van der Waals surface area (Å²) >= 11 is 0. The molecule has 0 aromatic carbocycles. The molecule has 0 aliphatic rings. The highest BCUT2D eigenvalue weighted by molar-refractivity contribution is 7.86. The van der Waals surface area contributed by atoms with Crippen molar-refractivity contribution in [3.63, 3.8) is 0 Å². The fourth-order valence-corrected chi connectivity index (χ4v) is 0.365. The van der Waals surface area contributed by atoms with Gasteiger partial charge in [-0.15, -0.1) is 6.58 Å². The van der Waals surface area contributed by atoms with Gasteiger partial charge in [0.2, 0.25) is 0 Å². The highest BCUT2D eigenvalue weighted by Gasteiger charge is 2.11. The lowest BCUT2D eigenvalue weighted by Gasteiger charge is -1.96. The van der Waals surface area contributed by atoms with Crippen molar-refractivity contribution in [1.82, 2.24) is 0 Å². The van der Waals surface area contributed by atoms with Gasteiger partial charge in [-0.25, -0.2) is 0 Å². The van der Waals surface area contributed by atoms with Gasteiger partial charge < -0.3 is 0 Å². The maximum Gasteiger partial charge on any atom is 0.271 e. The third-order valence-corrected chi connectivity index (χ3v) is 1.60. The van der Waals surface area contributed by atoms with Crippen LogP contribution in [0.15, 0.2) is 12.7 Å². The molecule has 0 bridgehead atoms. The highest BCUT2D eigenvalue weighted by Crippen LogP contribution is 1.95. The first-order chi connectivity index (χ1) is 3.48. The zero-order valence-electron chi connectivity index (χ0n) is 4.24. The van der Waals surface area contributed by atoms with E-state index < -0.39 is 15.4 Å². The van der Waals surface area contributed by atoms with E-state index in [9.17, 15) is 8.42 Å². The summed E-state index contributed by atoms with van der Waals surface area (Å²) in [5.41, 5.74) is 0. The van der Waals surface area contributed by atoms with Crippen molar-refractivity contribution in [2.45, 2.75) is 5.25 Å². The Balaban J connectivity index is 4.26. The predicted molar refractivity (Wildman–Crippen MR) is 30.9 cm³/mol. The smallest absolute Gasteiger partial charge is 0.271 e. The van der Waals surface area contributed by atoms with E-state index in [0.717, 1.165) is 6.08 Å². The minimum atomic E-state index is -3.98. The minimum absolute atomic E-state index is 1.05. The Morgan fingerprint density at radius 2 is 2.00 bits per heavy atom. The monoisotopic (exact) mass is 135 g/mol. The first kappa shape index (κ1) is 7.65. The van der Waals surface area contributed by atoms with E-state index in [2.05, 4.69) is 13.5 Å². The first-order valence-corrected chi connectivity index (χ1v) is 3.40. The summed E-state index contributed by atoms with van der Waals surface area (Å²) in [6.07, 6.45) is 1.05. The summed E-state index contributed by atoms with van der Waals surface area (Å²) in [7, 11) is -3.98. The summed E-state index contributed by atoms with van der Waals surface area (Å²) < 4.78 is 28.1. The van der Waals surface area contributed by atoms with Gasteiger partial charge in [0.15, 0.2) is 0 Å². The molecule has 0 fully saturated rings. The molecule has 0 aromatic heterocycles.